The second-order valence-electron chi connectivity index (χ2n) is 5.51. The maximum absolute atomic E-state index is 12.7. The van der Waals surface area contributed by atoms with Gasteiger partial charge in [-0.1, -0.05) is 30.3 Å². The normalized spacial score (nSPS) is 19.8. The van der Waals surface area contributed by atoms with Gasteiger partial charge in [0, 0.05) is 0 Å². The number of hydrogen-bond acceptors (Lipinski definition) is 3. The number of carbonyl (C=O) groups is 3. The standard InChI is InChI=1S/C15H18N2O3/c1-10-13(19)16-12(18)9-17(10)14(20)15(2,3)11-7-5-4-6-8-11/h4-8,10H,9H2,1-3H3,(H,16,18,19). The molecule has 1 atom stereocenters. The van der Waals surface area contributed by atoms with Gasteiger partial charge in [-0.25, -0.2) is 0 Å². The molecular formula is C15H18N2O3. The van der Waals surface area contributed by atoms with E-state index in [2.05, 4.69) is 5.32 Å². The molecule has 20 heavy (non-hydrogen) atoms. The van der Waals surface area contributed by atoms with Gasteiger partial charge in [-0.3, -0.25) is 19.7 Å². The van der Waals surface area contributed by atoms with Crippen molar-refractivity contribution >= 4 is 17.7 Å². The van der Waals surface area contributed by atoms with Crippen LogP contribution >= 0.6 is 0 Å². The molecule has 2 rings (SSSR count). The van der Waals surface area contributed by atoms with Crippen LogP contribution in [0.2, 0.25) is 0 Å². The molecule has 1 N–H and O–H groups in total. The Morgan fingerprint density at radius 3 is 2.45 bits per heavy atom. The zero-order valence-electron chi connectivity index (χ0n) is 11.8. The first-order valence-corrected chi connectivity index (χ1v) is 6.54. The van der Waals surface area contributed by atoms with Gasteiger partial charge in [-0.2, -0.15) is 0 Å². The molecule has 0 bridgehead atoms. The maximum atomic E-state index is 12.7. The van der Waals surface area contributed by atoms with Crippen LogP contribution < -0.4 is 5.32 Å². The summed E-state index contributed by atoms with van der Waals surface area (Å²) < 4.78 is 0. The van der Waals surface area contributed by atoms with E-state index in [-0.39, 0.29) is 12.5 Å². The second kappa shape index (κ2) is 5.07. The number of imide groups is 1. The van der Waals surface area contributed by atoms with Crippen molar-refractivity contribution in [3.05, 3.63) is 35.9 Å². The largest absolute Gasteiger partial charge is 0.321 e. The highest BCUT2D eigenvalue weighted by molar-refractivity contribution is 6.05. The van der Waals surface area contributed by atoms with E-state index in [0.29, 0.717) is 0 Å². The Labute approximate surface area is 118 Å². The number of benzene rings is 1. The van der Waals surface area contributed by atoms with E-state index < -0.39 is 23.3 Å². The van der Waals surface area contributed by atoms with Crippen LogP contribution in [0.3, 0.4) is 0 Å². The van der Waals surface area contributed by atoms with Crippen LogP contribution in [0.25, 0.3) is 0 Å². The molecule has 1 aliphatic rings. The van der Waals surface area contributed by atoms with Gasteiger partial charge in [0.2, 0.25) is 17.7 Å². The van der Waals surface area contributed by atoms with Gasteiger partial charge in [0.25, 0.3) is 0 Å². The zero-order chi connectivity index (χ0) is 14.9. The van der Waals surface area contributed by atoms with Crippen molar-refractivity contribution in [3.63, 3.8) is 0 Å². The molecule has 1 saturated heterocycles. The topological polar surface area (TPSA) is 66.5 Å². The molecule has 106 valence electrons. The molecule has 0 spiro atoms. The van der Waals surface area contributed by atoms with Crippen molar-refractivity contribution in [1.29, 1.82) is 0 Å². The number of piperazine rings is 1. The number of hydrogen-bond donors (Lipinski definition) is 1. The van der Waals surface area contributed by atoms with E-state index in [1.807, 2.05) is 30.3 Å². The number of carbonyl (C=O) groups excluding carboxylic acids is 3. The Morgan fingerprint density at radius 1 is 1.25 bits per heavy atom. The van der Waals surface area contributed by atoms with E-state index in [1.165, 1.54) is 4.90 Å². The van der Waals surface area contributed by atoms with Crippen LogP contribution in [0, 0.1) is 0 Å². The van der Waals surface area contributed by atoms with E-state index in [9.17, 15) is 14.4 Å². The zero-order valence-corrected chi connectivity index (χ0v) is 11.8. The number of rotatable bonds is 2. The Balaban J connectivity index is 2.30. The highest BCUT2D eigenvalue weighted by Gasteiger charge is 2.40. The molecule has 1 fully saturated rings. The van der Waals surface area contributed by atoms with E-state index in [1.54, 1.807) is 20.8 Å². The number of amides is 3. The van der Waals surface area contributed by atoms with Crippen LogP contribution in [-0.4, -0.2) is 35.2 Å². The summed E-state index contributed by atoms with van der Waals surface area (Å²) >= 11 is 0. The molecule has 1 heterocycles. The predicted octanol–water partition coefficient (Wildman–Crippen LogP) is 0.838. The fourth-order valence-electron chi connectivity index (χ4n) is 2.30. The Kier molecular flexibility index (Phi) is 3.61. The van der Waals surface area contributed by atoms with Crippen LogP contribution in [0.15, 0.2) is 30.3 Å². The predicted molar refractivity (Wildman–Crippen MR) is 73.8 cm³/mol. The summed E-state index contributed by atoms with van der Waals surface area (Å²) in [7, 11) is 0. The lowest BCUT2D eigenvalue weighted by Gasteiger charge is -2.37. The van der Waals surface area contributed by atoms with Crippen molar-refractivity contribution in [2.24, 2.45) is 0 Å². The summed E-state index contributed by atoms with van der Waals surface area (Å²) in [5.74, 6) is -1.09. The summed E-state index contributed by atoms with van der Waals surface area (Å²) in [5, 5.41) is 2.23. The third kappa shape index (κ3) is 2.43. The fourth-order valence-corrected chi connectivity index (χ4v) is 2.30. The average Bonchev–Trinajstić information content (AvgIpc) is 2.43. The number of nitrogens with one attached hydrogen (secondary N) is 1. The first kappa shape index (κ1) is 14.2. The van der Waals surface area contributed by atoms with Crippen molar-refractivity contribution in [2.45, 2.75) is 32.2 Å². The Bertz CT molecular complexity index is 551. The summed E-state index contributed by atoms with van der Waals surface area (Å²) in [6.45, 7) is 5.14. The first-order valence-electron chi connectivity index (χ1n) is 6.54. The number of nitrogens with zero attached hydrogens (tertiary/aromatic N) is 1. The molecule has 1 unspecified atom stereocenters. The van der Waals surface area contributed by atoms with Crippen molar-refractivity contribution in [1.82, 2.24) is 10.2 Å². The molecule has 3 amide bonds. The lowest BCUT2D eigenvalue weighted by molar-refractivity contribution is -0.152. The third-order valence-corrected chi connectivity index (χ3v) is 3.71. The van der Waals surface area contributed by atoms with Crippen molar-refractivity contribution in [3.8, 4) is 0 Å². The molecule has 0 saturated carbocycles. The van der Waals surface area contributed by atoms with Gasteiger partial charge in [-0.05, 0) is 26.3 Å². The minimum atomic E-state index is -0.784. The lowest BCUT2D eigenvalue weighted by atomic mass is 9.82. The van der Waals surface area contributed by atoms with Crippen LogP contribution in [0.5, 0.6) is 0 Å². The minimum absolute atomic E-state index is 0.0813. The highest BCUT2D eigenvalue weighted by atomic mass is 16.2. The van der Waals surface area contributed by atoms with E-state index in [0.717, 1.165) is 5.56 Å². The van der Waals surface area contributed by atoms with Crippen LogP contribution in [-0.2, 0) is 19.8 Å². The van der Waals surface area contributed by atoms with Gasteiger partial charge >= 0.3 is 0 Å². The van der Waals surface area contributed by atoms with Gasteiger partial charge in [0.05, 0.1) is 5.41 Å². The molecular weight excluding hydrogens is 256 g/mol. The maximum Gasteiger partial charge on any atom is 0.249 e. The first-order chi connectivity index (χ1) is 9.34. The van der Waals surface area contributed by atoms with Crippen LogP contribution in [0.1, 0.15) is 26.3 Å². The summed E-state index contributed by atoms with van der Waals surface area (Å²) in [6.07, 6.45) is 0. The minimum Gasteiger partial charge on any atom is -0.321 e. The molecule has 5 heteroatoms. The summed E-state index contributed by atoms with van der Waals surface area (Å²) in [4.78, 5) is 37.2. The molecule has 0 radical (unpaired) electrons. The van der Waals surface area contributed by atoms with E-state index >= 15 is 0 Å². The molecule has 0 aromatic heterocycles. The molecule has 1 aliphatic heterocycles. The summed E-state index contributed by atoms with van der Waals surface area (Å²) in [6, 6.07) is 8.71. The third-order valence-electron chi connectivity index (χ3n) is 3.71. The Hall–Kier alpha value is -2.17. The summed E-state index contributed by atoms with van der Waals surface area (Å²) in [5.41, 5.74) is 0.0728. The molecule has 5 nitrogen and oxygen atoms in total. The van der Waals surface area contributed by atoms with Crippen LogP contribution in [0.4, 0.5) is 0 Å². The molecule has 1 aromatic carbocycles. The van der Waals surface area contributed by atoms with Gasteiger partial charge in [0.15, 0.2) is 0 Å². The molecule has 0 aliphatic carbocycles. The average molecular weight is 274 g/mol. The SMILES string of the molecule is CC1C(=O)NC(=O)CN1C(=O)C(C)(C)c1ccccc1. The lowest BCUT2D eigenvalue weighted by Crippen LogP contribution is -2.61. The van der Waals surface area contributed by atoms with Gasteiger partial charge < -0.3 is 4.90 Å². The van der Waals surface area contributed by atoms with Gasteiger partial charge in [0.1, 0.15) is 12.6 Å². The van der Waals surface area contributed by atoms with E-state index in [4.69, 9.17) is 0 Å². The smallest absolute Gasteiger partial charge is 0.249 e. The van der Waals surface area contributed by atoms with Crippen molar-refractivity contribution in [2.75, 3.05) is 6.54 Å². The quantitative estimate of drug-likeness (QED) is 0.813. The van der Waals surface area contributed by atoms with Gasteiger partial charge in [-0.15, -0.1) is 0 Å². The Morgan fingerprint density at radius 2 is 1.85 bits per heavy atom. The second-order valence-corrected chi connectivity index (χ2v) is 5.51. The monoisotopic (exact) mass is 274 g/mol. The highest BCUT2D eigenvalue weighted by Crippen LogP contribution is 2.27. The molecule has 1 aromatic rings. The fraction of sp³-hybridized carbons (Fsp3) is 0.400. The van der Waals surface area contributed by atoms with Crippen molar-refractivity contribution < 1.29 is 14.4 Å².